The molecular formula is C19H21NO5. The number of aromatic hydroxyl groups is 1. The van der Waals surface area contributed by atoms with Crippen molar-refractivity contribution in [3.8, 4) is 23.0 Å². The minimum Gasteiger partial charge on any atom is -0.506 e. The number of allylic oxidation sites excluding steroid dienone is 1. The van der Waals surface area contributed by atoms with Gasteiger partial charge in [0.2, 0.25) is 5.75 Å². The summed E-state index contributed by atoms with van der Waals surface area (Å²) in [7, 11) is 4.48. The highest BCUT2D eigenvalue weighted by molar-refractivity contribution is 6.05. The summed E-state index contributed by atoms with van der Waals surface area (Å²) in [5, 5.41) is 12.7. The second-order valence-electron chi connectivity index (χ2n) is 5.28. The summed E-state index contributed by atoms with van der Waals surface area (Å²) >= 11 is 0. The minimum atomic E-state index is -0.252. The van der Waals surface area contributed by atoms with E-state index in [0.717, 1.165) is 5.56 Å². The summed E-state index contributed by atoms with van der Waals surface area (Å²) in [5.41, 5.74) is 1.85. The van der Waals surface area contributed by atoms with Gasteiger partial charge in [-0.2, -0.15) is 0 Å². The Hall–Kier alpha value is -3.15. The van der Waals surface area contributed by atoms with Crippen LogP contribution in [0.15, 0.2) is 42.6 Å². The molecule has 6 heteroatoms. The third-order valence-electron chi connectivity index (χ3n) is 3.58. The lowest BCUT2D eigenvalue weighted by Crippen LogP contribution is -2.01. The van der Waals surface area contributed by atoms with E-state index in [4.69, 9.17) is 14.2 Å². The van der Waals surface area contributed by atoms with Crippen molar-refractivity contribution in [1.82, 2.24) is 0 Å². The second kappa shape index (κ2) is 8.10. The standard InChI is InChI=1S/C19H21NO5/c1-12-5-6-14(16(22)9-12)20-8-7-15(21)13-10-17(23-2)19(25-4)18(11-13)24-3/h5-11,20,22H,1-4H3/b8-7+. The number of phenols is 1. The van der Waals surface area contributed by atoms with Crippen LogP contribution in [0.1, 0.15) is 15.9 Å². The van der Waals surface area contributed by atoms with E-state index in [0.29, 0.717) is 28.5 Å². The first-order valence-electron chi connectivity index (χ1n) is 7.57. The number of aryl methyl sites for hydroxylation is 1. The molecule has 0 amide bonds. The number of carbonyl (C=O) groups excluding carboxylic acids is 1. The minimum absolute atomic E-state index is 0.116. The fourth-order valence-corrected chi connectivity index (χ4v) is 2.29. The molecule has 0 aliphatic rings. The predicted molar refractivity (Wildman–Crippen MR) is 96.0 cm³/mol. The first kappa shape index (κ1) is 18.2. The van der Waals surface area contributed by atoms with Crippen molar-refractivity contribution in [3.05, 3.63) is 53.7 Å². The largest absolute Gasteiger partial charge is 0.506 e. The smallest absolute Gasteiger partial charge is 0.203 e. The van der Waals surface area contributed by atoms with Crippen molar-refractivity contribution in [2.24, 2.45) is 0 Å². The van der Waals surface area contributed by atoms with Gasteiger partial charge in [-0.25, -0.2) is 0 Å². The molecular weight excluding hydrogens is 322 g/mol. The Morgan fingerprint density at radius 1 is 1.04 bits per heavy atom. The van der Waals surface area contributed by atoms with Crippen LogP contribution >= 0.6 is 0 Å². The SMILES string of the molecule is COc1cc(C(=O)/C=C/Nc2ccc(C)cc2O)cc(OC)c1OC. The number of phenolic OH excluding ortho intramolecular Hbond substituents is 1. The third kappa shape index (κ3) is 4.23. The second-order valence-corrected chi connectivity index (χ2v) is 5.28. The molecule has 25 heavy (non-hydrogen) atoms. The van der Waals surface area contributed by atoms with Gasteiger partial charge in [-0.1, -0.05) is 6.07 Å². The van der Waals surface area contributed by atoms with Gasteiger partial charge in [0.05, 0.1) is 27.0 Å². The molecule has 0 fully saturated rings. The third-order valence-corrected chi connectivity index (χ3v) is 3.58. The van der Waals surface area contributed by atoms with E-state index >= 15 is 0 Å². The van der Waals surface area contributed by atoms with Crippen molar-refractivity contribution < 1.29 is 24.1 Å². The van der Waals surface area contributed by atoms with Crippen LogP contribution in [-0.4, -0.2) is 32.2 Å². The average molecular weight is 343 g/mol. The van der Waals surface area contributed by atoms with E-state index in [1.165, 1.54) is 33.6 Å². The zero-order valence-electron chi connectivity index (χ0n) is 14.6. The van der Waals surface area contributed by atoms with Crippen LogP contribution in [0, 0.1) is 6.92 Å². The van der Waals surface area contributed by atoms with E-state index in [-0.39, 0.29) is 11.5 Å². The Morgan fingerprint density at radius 2 is 1.68 bits per heavy atom. The van der Waals surface area contributed by atoms with E-state index in [9.17, 15) is 9.90 Å². The average Bonchev–Trinajstić information content (AvgIpc) is 2.61. The van der Waals surface area contributed by atoms with E-state index < -0.39 is 0 Å². The molecule has 0 unspecified atom stereocenters. The Labute approximate surface area is 146 Å². The number of anilines is 1. The molecule has 0 saturated carbocycles. The quantitative estimate of drug-likeness (QED) is 0.455. The topological polar surface area (TPSA) is 77.0 Å². The molecule has 0 aliphatic carbocycles. The van der Waals surface area contributed by atoms with Crippen LogP contribution in [0.2, 0.25) is 0 Å². The number of rotatable bonds is 7. The van der Waals surface area contributed by atoms with Gasteiger partial charge in [0.25, 0.3) is 0 Å². The highest BCUT2D eigenvalue weighted by Crippen LogP contribution is 2.38. The van der Waals surface area contributed by atoms with Crippen molar-refractivity contribution in [1.29, 1.82) is 0 Å². The Bertz CT molecular complexity index is 773. The van der Waals surface area contributed by atoms with Gasteiger partial charge < -0.3 is 24.6 Å². The van der Waals surface area contributed by atoms with Crippen molar-refractivity contribution in [2.75, 3.05) is 26.6 Å². The molecule has 2 aromatic rings. The predicted octanol–water partition coefficient (Wildman–Crippen LogP) is 3.53. The van der Waals surface area contributed by atoms with Gasteiger partial charge >= 0.3 is 0 Å². The van der Waals surface area contributed by atoms with E-state index in [2.05, 4.69) is 5.32 Å². The molecule has 6 nitrogen and oxygen atoms in total. The van der Waals surface area contributed by atoms with Crippen LogP contribution in [-0.2, 0) is 0 Å². The number of hydrogen-bond acceptors (Lipinski definition) is 6. The van der Waals surface area contributed by atoms with Crippen molar-refractivity contribution in [3.63, 3.8) is 0 Å². The first-order valence-corrected chi connectivity index (χ1v) is 7.57. The molecule has 0 atom stereocenters. The molecule has 2 N–H and O–H groups in total. The molecule has 0 radical (unpaired) electrons. The fraction of sp³-hybridized carbons (Fsp3) is 0.211. The van der Waals surface area contributed by atoms with E-state index in [1.54, 1.807) is 24.3 Å². The maximum absolute atomic E-state index is 12.4. The number of benzene rings is 2. The molecule has 0 aliphatic heterocycles. The fourth-order valence-electron chi connectivity index (χ4n) is 2.29. The van der Waals surface area contributed by atoms with Crippen molar-refractivity contribution >= 4 is 11.5 Å². The van der Waals surface area contributed by atoms with Gasteiger partial charge in [0.1, 0.15) is 5.75 Å². The summed E-state index contributed by atoms with van der Waals surface area (Å²) in [6.07, 6.45) is 2.83. The van der Waals surface area contributed by atoms with Crippen LogP contribution in [0.25, 0.3) is 0 Å². The maximum Gasteiger partial charge on any atom is 0.203 e. The Morgan fingerprint density at radius 3 is 2.20 bits per heavy atom. The molecule has 0 bridgehead atoms. The van der Waals surface area contributed by atoms with Gasteiger partial charge in [-0.3, -0.25) is 4.79 Å². The number of hydrogen-bond donors (Lipinski definition) is 2. The highest BCUT2D eigenvalue weighted by Gasteiger charge is 2.15. The number of ketones is 1. The highest BCUT2D eigenvalue weighted by atomic mass is 16.5. The lowest BCUT2D eigenvalue weighted by molar-refractivity contribution is 0.104. The lowest BCUT2D eigenvalue weighted by atomic mass is 10.1. The maximum atomic E-state index is 12.4. The van der Waals surface area contributed by atoms with Crippen LogP contribution in [0.4, 0.5) is 5.69 Å². The number of carbonyl (C=O) groups is 1. The number of methoxy groups -OCH3 is 3. The summed E-state index contributed by atoms with van der Waals surface area (Å²) in [6, 6.07) is 8.39. The first-order chi connectivity index (χ1) is 12.0. The van der Waals surface area contributed by atoms with E-state index in [1.807, 2.05) is 13.0 Å². The molecule has 2 aromatic carbocycles. The van der Waals surface area contributed by atoms with Gasteiger partial charge in [0.15, 0.2) is 17.3 Å². The lowest BCUT2D eigenvalue weighted by Gasteiger charge is -2.13. The Kier molecular flexibility index (Phi) is 5.89. The molecule has 0 spiro atoms. The monoisotopic (exact) mass is 343 g/mol. The van der Waals surface area contributed by atoms with Crippen LogP contribution in [0.5, 0.6) is 23.0 Å². The summed E-state index contributed by atoms with van der Waals surface area (Å²) in [4.78, 5) is 12.4. The zero-order chi connectivity index (χ0) is 18.4. The van der Waals surface area contributed by atoms with Gasteiger partial charge in [-0.15, -0.1) is 0 Å². The van der Waals surface area contributed by atoms with Crippen molar-refractivity contribution in [2.45, 2.75) is 6.92 Å². The number of ether oxygens (including phenoxy) is 3. The van der Waals surface area contributed by atoms with Crippen LogP contribution < -0.4 is 19.5 Å². The van der Waals surface area contributed by atoms with Gasteiger partial charge in [0, 0.05) is 17.8 Å². The normalized spacial score (nSPS) is 10.6. The summed E-state index contributed by atoms with van der Waals surface area (Å²) in [6.45, 7) is 1.88. The van der Waals surface area contributed by atoms with Crippen LogP contribution in [0.3, 0.4) is 0 Å². The molecule has 132 valence electrons. The summed E-state index contributed by atoms with van der Waals surface area (Å²) < 4.78 is 15.7. The number of nitrogens with one attached hydrogen (secondary N) is 1. The zero-order valence-corrected chi connectivity index (χ0v) is 14.6. The molecule has 0 aromatic heterocycles. The Balaban J connectivity index is 2.20. The molecule has 2 rings (SSSR count). The molecule has 0 saturated heterocycles. The molecule has 0 heterocycles. The summed E-state index contributed by atoms with van der Waals surface area (Å²) in [5.74, 6) is 1.10. The van der Waals surface area contributed by atoms with Gasteiger partial charge in [-0.05, 0) is 36.8 Å².